The molecule has 0 aliphatic rings. The van der Waals surface area contributed by atoms with Crippen LogP contribution in [0.2, 0.25) is 0 Å². The van der Waals surface area contributed by atoms with E-state index in [4.69, 9.17) is 5.26 Å². The molecule has 2 heterocycles. The Morgan fingerprint density at radius 3 is 2.93 bits per heavy atom. The highest BCUT2D eigenvalue weighted by molar-refractivity contribution is 7.94. The molecule has 0 spiro atoms. The molecule has 14 heavy (non-hydrogen) atoms. The first-order valence-corrected chi connectivity index (χ1v) is 7.24. The summed E-state index contributed by atoms with van der Waals surface area (Å²) < 4.78 is 2.76. The van der Waals surface area contributed by atoms with Gasteiger partial charge in [0.25, 0.3) is 0 Å². The quantitative estimate of drug-likeness (QED) is 0.667. The fraction of sp³-hybridized carbons (Fsp3) is 0.286. The maximum absolute atomic E-state index is 8.79. The van der Waals surface area contributed by atoms with Crippen molar-refractivity contribution in [1.82, 2.24) is 14.8 Å². The number of rotatable bonds is 0. The highest BCUT2D eigenvalue weighted by atomic mass is 33.2. The van der Waals surface area contributed by atoms with Crippen molar-refractivity contribution in [2.75, 3.05) is 0 Å². The number of hydrogen-bond acceptors (Lipinski definition) is 6. The molecule has 0 bridgehead atoms. The third-order valence-electron chi connectivity index (χ3n) is 1.67. The van der Waals surface area contributed by atoms with E-state index in [2.05, 4.69) is 16.2 Å². The third kappa shape index (κ3) is 1.52. The predicted octanol–water partition coefficient (Wildman–Crippen LogP) is 2.46. The second kappa shape index (κ2) is 3.65. The van der Waals surface area contributed by atoms with Gasteiger partial charge in [0, 0.05) is 7.05 Å². The van der Waals surface area contributed by atoms with Gasteiger partial charge in [-0.3, -0.25) is 0 Å². The lowest BCUT2D eigenvalue weighted by molar-refractivity contribution is 0.774. The van der Waals surface area contributed by atoms with Gasteiger partial charge in [-0.1, -0.05) is 10.3 Å². The van der Waals surface area contributed by atoms with Gasteiger partial charge in [0.05, 0.1) is 5.69 Å². The van der Waals surface area contributed by atoms with E-state index < -0.39 is 0 Å². The van der Waals surface area contributed by atoms with Crippen LogP contribution in [0.15, 0.2) is 0 Å². The van der Waals surface area contributed by atoms with E-state index in [0.29, 0.717) is 5.01 Å². The van der Waals surface area contributed by atoms with Crippen molar-refractivity contribution < 1.29 is 0 Å². The van der Waals surface area contributed by atoms with Crippen LogP contribution in [0.1, 0.15) is 10.7 Å². The molecule has 0 saturated heterocycles. The zero-order valence-corrected chi connectivity index (χ0v) is 9.96. The molecule has 0 unspecified atom stereocenters. The Balaban J connectivity index is 2.93. The van der Waals surface area contributed by atoms with Gasteiger partial charge >= 0.3 is 0 Å². The van der Waals surface area contributed by atoms with Crippen molar-refractivity contribution in [3.63, 3.8) is 0 Å². The summed E-state index contributed by atoms with van der Waals surface area (Å²) in [5.41, 5.74) is 1.74. The maximum atomic E-state index is 8.79. The SMILES string of the molecule is Cc1nn(C)c2nc(C#N)sssc12. The van der Waals surface area contributed by atoms with Crippen LogP contribution in [-0.2, 0) is 7.05 Å². The molecule has 0 aliphatic heterocycles. The summed E-state index contributed by atoms with van der Waals surface area (Å²) in [6, 6.07) is 2.06. The second-order valence-electron chi connectivity index (χ2n) is 2.63. The minimum absolute atomic E-state index is 0.476. The summed E-state index contributed by atoms with van der Waals surface area (Å²) >= 11 is 0. The van der Waals surface area contributed by atoms with E-state index in [-0.39, 0.29) is 0 Å². The van der Waals surface area contributed by atoms with Crippen LogP contribution in [0.3, 0.4) is 0 Å². The van der Waals surface area contributed by atoms with Gasteiger partial charge in [-0.05, 0) is 26.6 Å². The Kier molecular flexibility index (Phi) is 2.50. The van der Waals surface area contributed by atoms with Crippen molar-refractivity contribution in [1.29, 1.82) is 5.26 Å². The Morgan fingerprint density at radius 2 is 2.21 bits per heavy atom. The number of hydrogen-bond donors (Lipinski definition) is 0. The second-order valence-corrected chi connectivity index (χ2v) is 6.52. The molecule has 0 N–H and O–H groups in total. The van der Waals surface area contributed by atoms with E-state index in [1.165, 1.54) is 10.3 Å². The number of nitrogens with zero attached hydrogens (tertiary/aromatic N) is 4. The molecule has 0 saturated carbocycles. The highest BCUT2D eigenvalue weighted by Gasteiger charge is 2.06. The molecule has 2 rings (SSSR count). The number of aryl methyl sites for hydroxylation is 2. The average Bonchev–Trinajstić information content (AvgIpc) is 2.41. The largest absolute Gasteiger partial charge is 0.249 e. The van der Waals surface area contributed by atoms with Crippen molar-refractivity contribution in [2.45, 2.75) is 6.92 Å². The highest BCUT2D eigenvalue weighted by Crippen LogP contribution is 2.25. The lowest BCUT2D eigenvalue weighted by Crippen LogP contribution is -1.91. The monoisotopic (exact) mass is 242 g/mol. The van der Waals surface area contributed by atoms with Crippen molar-refractivity contribution in [3.05, 3.63) is 10.7 Å². The van der Waals surface area contributed by atoms with Crippen LogP contribution in [-0.4, -0.2) is 14.8 Å². The normalized spacial score (nSPS) is 10.1. The molecular formula is C7H6N4S3. The van der Waals surface area contributed by atoms with Gasteiger partial charge in [0.2, 0.25) is 5.01 Å². The predicted molar refractivity (Wildman–Crippen MR) is 59.2 cm³/mol. The van der Waals surface area contributed by atoms with Crippen LogP contribution < -0.4 is 0 Å². The van der Waals surface area contributed by atoms with Gasteiger partial charge in [0.1, 0.15) is 10.8 Å². The first-order valence-electron chi connectivity index (χ1n) is 3.76. The van der Waals surface area contributed by atoms with Crippen molar-refractivity contribution >= 4 is 40.4 Å². The van der Waals surface area contributed by atoms with Gasteiger partial charge in [-0.15, -0.1) is 0 Å². The lowest BCUT2D eigenvalue weighted by Gasteiger charge is -1.86. The minimum Gasteiger partial charge on any atom is -0.249 e. The molecular weight excluding hydrogens is 236 g/mol. The van der Waals surface area contributed by atoms with E-state index in [0.717, 1.165) is 16.0 Å². The molecule has 0 fully saturated rings. The Bertz CT molecular complexity index is 548. The summed E-state index contributed by atoms with van der Waals surface area (Å²) in [6.07, 6.45) is 0. The Hall–Kier alpha value is -0.970. The van der Waals surface area contributed by atoms with Crippen LogP contribution in [0.4, 0.5) is 0 Å². The van der Waals surface area contributed by atoms with Crippen LogP contribution in [0.5, 0.6) is 0 Å². The van der Waals surface area contributed by atoms with Crippen molar-refractivity contribution in [2.24, 2.45) is 7.05 Å². The smallest absolute Gasteiger partial charge is 0.206 e. The van der Waals surface area contributed by atoms with Crippen LogP contribution in [0, 0.1) is 18.3 Å². The van der Waals surface area contributed by atoms with Crippen molar-refractivity contribution in [3.8, 4) is 6.07 Å². The summed E-state index contributed by atoms with van der Waals surface area (Å²) in [4.78, 5) is 4.26. The number of aromatic nitrogens is 3. The molecule has 7 heteroatoms. The first kappa shape index (κ1) is 9.58. The topological polar surface area (TPSA) is 54.5 Å². The standard InChI is InChI=1S/C7H6N4S3/c1-4-6-7(11(2)10-4)9-5(3-8)12-14-13-6/h1-2H3. The molecule has 0 amide bonds. The van der Waals surface area contributed by atoms with E-state index >= 15 is 0 Å². The van der Waals surface area contributed by atoms with E-state index in [1.807, 2.05) is 14.0 Å². The average molecular weight is 242 g/mol. The molecule has 72 valence electrons. The van der Waals surface area contributed by atoms with Gasteiger partial charge in [-0.2, -0.15) is 10.4 Å². The maximum Gasteiger partial charge on any atom is 0.206 e. The molecule has 0 aromatic carbocycles. The molecule has 0 atom stereocenters. The number of nitriles is 1. The summed E-state index contributed by atoms with van der Waals surface area (Å²) in [7, 11) is 6.38. The summed E-state index contributed by atoms with van der Waals surface area (Å²) in [6.45, 7) is 1.95. The minimum atomic E-state index is 0.476. The zero-order chi connectivity index (χ0) is 10.1. The summed E-state index contributed by atoms with van der Waals surface area (Å²) in [5, 5.41) is 13.5. The molecule has 0 aliphatic carbocycles. The van der Waals surface area contributed by atoms with Crippen LogP contribution >= 0.6 is 30.0 Å². The molecule has 2 aromatic rings. The third-order valence-corrected chi connectivity index (χ3v) is 5.40. The number of fused-ring (bicyclic) bond motifs is 1. The Labute approximate surface area is 91.2 Å². The van der Waals surface area contributed by atoms with E-state index in [9.17, 15) is 0 Å². The summed E-state index contributed by atoms with van der Waals surface area (Å²) in [5.74, 6) is 0. The zero-order valence-electron chi connectivity index (χ0n) is 7.51. The molecule has 0 radical (unpaired) electrons. The molecule has 2 aromatic heterocycles. The molecule has 4 nitrogen and oxygen atoms in total. The van der Waals surface area contributed by atoms with E-state index in [1.54, 1.807) is 24.4 Å². The first-order chi connectivity index (χ1) is 6.72. The van der Waals surface area contributed by atoms with Crippen LogP contribution in [0.25, 0.3) is 10.3 Å². The Morgan fingerprint density at radius 1 is 1.43 bits per heavy atom. The fourth-order valence-corrected chi connectivity index (χ4v) is 4.64. The van der Waals surface area contributed by atoms with Gasteiger partial charge < -0.3 is 0 Å². The van der Waals surface area contributed by atoms with Gasteiger partial charge in [0.15, 0.2) is 5.65 Å². The fourth-order valence-electron chi connectivity index (χ4n) is 1.09. The lowest BCUT2D eigenvalue weighted by atomic mass is 10.5. The van der Waals surface area contributed by atoms with Gasteiger partial charge in [-0.25, -0.2) is 9.67 Å².